The smallest absolute Gasteiger partial charge is 0.335 e. The zero-order chi connectivity index (χ0) is 15.4. The molecule has 1 aromatic carbocycles. The molecule has 2 rings (SSSR count). The molecule has 5 nitrogen and oxygen atoms in total. The summed E-state index contributed by atoms with van der Waals surface area (Å²) in [5, 5.41) is 18.3. The van der Waals surface area contributed by atoms with Crippen LogP contribution in [-0.4, -0.2) is 21.2 Å². The van der Waals surface area contributed by atoms with Crippen LogP contribution in [0.4, 0.5) is 0 Å². The summed E-state index contributed by atoms with van der Waals surface area (Å²) in [5.74, 6) is -0.191. The largest absolute Gasteiger partial charge is 0.478 e. The fraction of sp³-hybridized carbons (Fsp3) is 0.250. The highest BCUT2D eigenvalue weighted by Crippen LogP contribution is 2.24. The summed E-state index contributed by atoms with van der Waals surface area (Å²) in [4.78, 5) is 15.5. The van der Waals surface area contributed by atoms with Gasteiger partial charge in [-0.05, 0) is 29.7 Å². The number of carboxylic acids is 1. The van der Waals surface area contributed by atoms with E-state index in [9.17, 15) is 4.79 Å². The minimum Gasteiger partial charge on any atom is -0.478 e. The molecule has 0 bridgehead atoms. The number of aliphatic hydroxyl groups is 1. The first kappa shape index (κ1) is 15.0. The van der Waals surface area contributed by atoms with Crippen LogP contribution in [-0.2, 0) is 6.61 Å². The van der Waals surface area contributed by atoms with Crippen molar-refractivity contribution in [3.63, 3.8) is 0 Å². The van der Waals surface area contributed by atoms with Gasteiger partial charge in [0, 0.05) is 11.8 Å². The average Bonchev–Trinajstić information content (AvgIpc) is 2.47. The Morgan fingerprint density at radius 1 is 1.29 bits per heavy atom. The minimum absolute atomic E-state index is 0.0863. The molecule has 0 atom stereocenters. The molecule has 0 aliphatic heterocycles. The van der Waals surface area contributed by atoms with Gasteiger partial charge in [0.05, 0.1) is 12.2 Å². The van der Waals surface area contributed by atoms with E-state index in [0.717, 1.165) is 0 Å². The van der Waals surface area contributed by atoms with Crippen LogP contribution in [0, 0.1) is 0 Å². The number of hydrogen-bond donors (Lipinski definition) is 2. The molecular formula is C16H17NO4. The molecule has 0 fully saturated rings. The highest BCUT2D eigenvalue weighted by atomic mass is 16.5. The molecule has 110 valence electrons. The van der Waals surface area contributed by atoms with Crippen molar-refractivity contribution in [1.82, 2.24) is 4.98 Å². The van der Waals surface area contributed by atoms with E-state index in [4.69, 9.17) is 14.9 Å². The standard InChI is InChI=1S/C16H17NO4/c1-10(2)14-7-12(16(19)20)8-15(17-14)21-13-5-3-4-11(6-13)9-18/h3-8,10,18H,9H2,1-2H3,(H,19,20). The molecule has 0 radical (unpaired) electrons. The van der Waals surface area contributed by atoms with Gasteiger partial charge in [0.25, 0.3) is 0 Å². The Morgan fingerprint density at radius 2 is 2.05 bits per heavy atom. The first-order valence-corrected chi connectivity index (χ1v) is 6.62. The number of pyridine rings is 1. The molecule has 21 heavy (non-hydrogen) atoms. The van der Waals surface area contributed by atoms with Gasteiger partial charge in [-0.1, -0.05) is 26.0 Å². The SMILES string of the molecule is CC(C)c1cc(C(=O)O)cc(Oc2cccc(CO)c2)n1. The lowest BCUT2D eigenvalue weighted by Crippen LogP contribution is -2.03. The summed E-state index contributed by atoms with van der Waals surface area (Å²) in [6, 6.07) is 9.87. The fourth-order valence-electron chi connectivity index (χ4n) is 1.83. The van der Waals surface area contributed by atoms with Crippen LogP contribution in [0.3, 0.4) is 0 Å². The monoisotopic (exact) mass is 287 g/mol. The number of aliphatic hydroxyl groups excluding tert-OH is 1. The van der Waals surface area contributed by atoms with Gasteiger partial charge < -0.3 is 14.9 Å². The first-order valence-electron chi connectivity index (χ1n) is 6.62. The van der Waals surface area contributed by atoms with Gasteiger partial charge in [0.15, 0.2) is 0 Å². The van der Waals surface area contributed by atoms with Crippen molar-refractivity contribution in [3.8, 4) is 11.6 Å². The Labute approximate surface area is 122 Å². The fourth-order valence-corrected chi connectivity index (χ4v) is 1.83. The number of ether oxygens (including phenoxy) is 1. The number of benzene rings is 1. The number of rotatable bonds is 5. The predicted octanol–water partition coefficient (Wildman–Crippen LogP) is 3.19. The van der Waals surface area contributed by atoms with Crippen LogP contribution < -0.4 is 4.74 Å². The third-order valence-electron chi connectivity index (χ3n) is 2.96. The van der Waals surface area contributed by atoms with Gasteiger partial charge in [-0.15, -0.1) is 0 Å². The van der Waals surface area contributed by atoms with E-state index in [1.165, 1.54) is 6.07 Å². The summed E-state index contributed by atoms with van der Waals surface area (Å²) < 4.78 is 5.62. The van der Waals surface area contributed by atoms with E-state index >= 15 is 0 Å². The lowest BCUT2D eigenvalue weighted by atomic mass is 10.1. The molecule has 0 saturated heterocycles. The molecule has 0 aliphatic carbocycles. The Morgan fingerprint density at radius 3 is 2.67 bits per heavy atom. The summed E-state index contributed by atoms with van der Waals surface area (Å²) in [6.07, 6.45) is 0. The summed E-state index contributed by atoms with van der Waals surface area (Å²) in [6.45, 7) is 3.78. The van der Waals surface area contributed by atoms with Crippen molar-refractivity contribution in [3.05, 3.63) is 53.2 Å². The zero-order valence-corrected chi connectivity index (χ0v) is 11.9. The highest BCUT2D eigenvalue weighted by Gasteiger charge is 2.12. The molecule has 2 N–H and O–H groups in total. The number of nitrogens with zero attached hydrogens (tertiary/aromatic N) is 1. The predicted molar refractivity (Wildman–Crippen MR) is 77.7 cm³/mol. The maximum Gasteiger partial charge on any atom is 0.335 e. The Bertz CT molecular complexity index is 652. The lowest BCUT2D eigenvalue weighted by molar-refractivity contribution is 0.0696. The minimum atomic E-state index is -1.02. The van der Waals surface area contributed by atoms with Crippen molar-refractivity contribution in [2.45, 2.75) is 26.4 Å². The molecule has 0 aliphatic rings. The highest BCUT2D eigenvalue weighted by molar-refractivity contribution is 5.88. The van der Waals surface area contributed by atoms with E-state index in [2.05, 4.69) is 4.98 Å². The first-order chi connectivity index (χ1) is 9.99. The van der Waals surface area contributed by atoms with Gasteiger partial charge in [-0.25, -0.2) is 9.78 Å². The quantitative estimate of drug-likeness (QED) is 0.882. The molecule has 0 spiro atoms. The molecular weight excluding hydrogens is 270 g/mol. The number of aromatic nitrogens is 1. The van der Waals surface area contributed by atoms with Crippen LogP contribution >= 0.6 is 0 Å². The third kappa shape index (κ3) is 3.79. The maximum atomic E-state index is 11.2. The summed E-state index contributed by atoms with van der Waals surface area (Å²) >= 11 is 0. The molecule has 5 heteroatoms. The van der Waals surface area contributed by atoms with Crippen LogP contribution in [0.15, 0.2) is 36.4 Å². The van der Waals surface area contributed by atoms with Crippen LogP contribution in [0.25, 0.3) is 0 Å². The molecule has 0 unspecified atom stereocenters. The molecule has 0 amide bonds. The summed E-state index contributed by atoms with van der Waals surface area (Å²) in [5.41, 5.74) is 1.51. The maximum absolute atomic E-state index is 11.2. The molecule has 1 heterocycles. The molecule has 0 saturated carbocycles. The zero-order valence-electron chi connectivity index (χ0n) is 11.9. The average molecular weight is 287 g/mol. The summed E-state index contributed by atoms with van der Waals surface area (Å²) in [7, 11) is 0. The lowest BCUT2D eigenvalue weighted by Gasteiger charge is -2.11. The van der Waals surface area contributed by atoms with E-state index in [1.807, 2.05) is 13.8 Å². The van der Waals surface area contributed by atoms with Gasteiger partial charge in [0.1, 0.15) is 5.75 Å². The molecule has 2 aromatic rings. The topological polar surface area (TPSA) is 79.7 Å². The molecule has 1 aromatic heterocycles. The van der Waals surface area contributed by atoms with Crippen molar-refractivity contribution in [2.75, 3.05) is 0 Å². The van der Waals surface area contributed by atoms with Crippen LogP contribution in [0.2, 0.25) is 0 Å². The van der Waals surface area contributed by atoms with E-state index < -0.39 is 5.97 Å². The third-order valence-corrected chi connectivity index (χ3v) is 2.96. The van der Waals surface area contributed by atoms with Crippen molar-refractivity contribution in [1.29, 1.82) is 0 Å². The number of hydrogen-bond acceptors (Lipinski definition) is 4. The Hall–Kier alpha value is -2.40. The van der Waals surface area contributed by atoms with Gasteiger partial charge in [-0.3, -0.25) is 0 Å². The number of aromatic carboxylic acids is 1. The van der Waals surface area contributed by atoms with Gasteiger partial charge >= 0.3 is 5.97 Å². The van der Waals surface area contributed by atoms with Crippen molar-refractivity contribution >= 4 is 5.97 Å². The second-order valence-electron chi connectivity index (χ2n) is 4.99. The van der Waals surface area contributed by atoms with Crippen molar-refractivity contribution < 1.29 is 19.7 Å². The van der Waals surface area contributed by atoms with E-state index in [1.54, 1.807) is 30.3 Å². The van der Waals surface area contributed by atoms with Crippen LogP contribution in [0.5, 0.6) is 11.6 Å². The second-order valence-corrected chi connectivity index (χ2v) is 4.99. The van der Waals surface area contributed by atoms with E-state index in [0.29, 0.717) is 17.0 Å². The Balaban J connectivity index is 2.36. The van der Waals surface area contributed by atoms with E-state index in [-0.39, 0.29) is 24.0 Å². The number of carbonyl (C=O) groups is 1. The van der Waals surface area contributed by atoms with Crippen molar-refractivity contribution in [2.24, 2.45) is 0 Å². The second kappa shape index (κ2) is 6.37. The van der Waals surface area contributed by atoms with Crippen LogP contribution in [0.1, 0.15) is 41.4 Å². The Kier molecular flexibility index (Phi) is 4.55. The normalized spacial score (nSPS) is 10.7. The number of carboxylic acid groups (broad SMARTS) is 1. The van der Waals surface area contributed by atoms with Gasteiger partial charge in [0.2, 0.25) is 5.88 Å². The van der Waals surface area contributed by atoms with Gasteiger partial charge in [-0.2, -0.15) is 0 Å².